The van der Waals surface area contributed by atoms with Crippen LogP contribution in [0, 0.1) is 0 Å². The number of hydrogen-bond acceptors (Lipinski definition) is 3. The predicted octanol–water partition coefficient (Wildman–Crippen LogP) is 2.32. The molecule has 0 radical (unpaired) electrons. The molecule has 1 saturated carbocycles. The molecule has 1 aromatic rings. The number of aliphatic hydroxyl groups excluding tert-OH is 1. The molecule has 1 saturated heterocycles. The quantitative estimate of drug-likeness (QED) is 0.897. The highest BCUT2D eigenvalue weighted by molar-refractivity contribution is 5.95. The number of aliphatic hydroxyl groups is 1. The van der Waals surface area contributed by atoms with Crippen molar-refractivity contribution in [2.75, 3.05) is 13.1 Å². The van der Waals surface area contributed by atoms with Crippen LogP contribution in [0.4, 0.5) is 0 Å². The molecule has 4 nitrogen and oxygen atoms in total. The Morgan fingerprint density at radius 2 is 1.86 bits per heavy atom. The average Bonchev–Trinajstić information content (AvgIpc) is 3.03. The van der Waals surface area contributed by atoms with Gasteiger partial charge in [-0.15, -0.1) is 0 Å². The van der Waals surface area contributed by atoms with Gasteiger partial charge in [-0.25, -0.2) is 0 Å². The van der Waals surface area contributed by atoms with Crippen LogP contribution in [0.1, 0.15) is 54.4 Å². The second-order valence-electron chi connectivity index (χ2n) is 6.57. The van der Waals surface area contributed by atoms with Crippen LogP contribution in [0.5, 0.6) is 0 Å². The van der Waals surface area contributed by atoms with E-state index in [1.807, 2.05) is 24.3 Å². The minimum Gasteiger partial charge on any atom is -0.391 e. The van der Waals surface area contributed by atoms with Gasteiger partial charge in [0.25, 0.3) is 5.91 Å². The molecule has 1 amide bonds. The largest absolute Gasteiger partial charge is 0.391 e. The summed E-state index contributed by atoms with van der Waals surface area (Å²) in [6.45, 7) is 3.09. The Bertz CT molecular complexity index is 512. The number of nitrogens with zero attached hydrogens (tertiary/aromatic N) is 1. The number of nitrogens with one attached hydrogen (secondary N) is 1. The van der Waals surface area contributed by atoms with E-state index in [9.17, 15) is 9.90 Å². The molecule has 1 aliphatic heterocycles. The van der Waals surface area contributed by atoms with Gasteiger partial charge in [0.15, 0.2) is 0 Å². The zero-order valence-electron chi connectivity index (χ0n) is 13.1. The van der Waals surface area contributed by atoms with Gasteiger partial charge in [0.2, 0.25) is 0 Å². The first-order chi connectivity index (χ1) is 10.7. The molecule has 2 fully saturated rings. The number of rotatable bonds is 4. The van der Waals surface area contributed by atoms with Crippen LogP contribution in [0.2, 0.25) is 0 Å². The van der Waals surface area contributed by atoms with Gasteiger partial charge in [-0.3, -0.25) is 9.69 Å². The van der Waals surface area contributed by atoms with Crippen molar-refractivity contribution in [3.05, 3.63) is 35.4 Å². The molecule has 0 unspecified atom stereocenters. The fraction of sp³-hybridized carbons (Fsp3) is 0.611. The summed E-state index contributed by atoms with van der Waals surface area (Å²) in [5.74, 6) is -0.0410. The first-order valence-corrected chi connectivity index (χ1v) is 8.53. The summed E-state index contributed by atoms with van der Waals surface area (Å²) in [5.41, 5.74) is 1.85. The third kappa shape index (κ3) is 3.68. The molecule has 2 atom stereocenters. The Labute approximate surface area is 132 Å². The van der Waals surface area contributed by atoms with Crippen LogP contribution in [-0.2, 0) is 6.54 Å². The second-order valence-corrected chi connectivity index (χ2v) is 6.57. The molecule has 2 aliphatic rings. The molecule has 0 aromatic heterocycles. The number of carbonyl (C=O) groups is 1. The summed E-state index contributed by atoms with van der Waals surface area (Å²) in [5, 5.41) is 13.1. The zero-order valence-corrected chi connectivity index (χ0v) is 13.1. The van der Waals surface area contributed by atoms with Crippen molar-refractivity contribution in [3.8, 4) is 0 Å². The van der Waals surface area contributed by atoms with Crippen LogP contribution in [0.3, 0.4) is 0 Å². The molecule has 120 valence electrons. The summed E-state index contributed by atoms with van der Waals surface area (Å²) >= 11 is 0. The van der Waals surface area contributed by atoms with E-state index in [0.29, 0.717) is 0 Å². The number of hydrogen-bond donors (Lipinski definition) is 2. The molecule has 0 spiro atoms. The van der Waals surface area contributed by atoms with E-state index in [0.717, 1.165) is 56.4 Å². The molecule has 1 heterocycles. The van der Waals surface area contributed by atoms with E-state index in [1.54, 1.807) is 0 Å². The highest BCUT2D eigenvalue weighted by Crippen LogP contribution is 2.20. The molecule has 4 heteroatoms. The number of benzene rings is 1. The van der Waals surface area contributed by atoms with Crippen molar-refractivity contribution in [3.63, 3.8) is 0 Å². The van der Waals surface area contributed by atoms with Crippen molar-refractivity contribution >= 4 is 5.91 Å². The highest BCUT2D eigenvalue weighted by Gasteiger charge is 2.25. The summed E-state index contributed by atoms with van der Waals surface area (Å²) < 4.78 is 0. The lowest BCUT2D eigenvalue weighted by atomic mass is 9.92. The van der Waals surface area contributed by atoms with Gasteiger partial charge in [0.05, 0.1) is 12.1 Å². The lowest BCUT2D eigenvalue weighted by Crippen LogP contribution is -2.45. The third-order valence-electron chi connectivity index (χ3n) is 4.90. The van der Waals surface area contributed by atoms with Crippen molar-refractivity contribution in [1.82, 2.24) is 10.2 Å². The Kier molecular flexibility index (Phi) is 5.11. The molecular weight excluding hydrogens is 276 g/mol. The Hall–Kier alpha value is -1.39. The Balaban J connectivity index is 1.68. The van der Waals surface area contributed by atoms with Crippen LogP contribution >= 0.6 is 0 Å². The van der Waals surface area contributed by atoms with Gasteiger partial charge in [-0.1, -0.05) is 31.0 Å². The van der Waals surface area contributed by atoms with Crippen molar-refractivity contribution in [2.45, 2.75) is 57.2 Å². The third-order valence-corrected chi connectivity index (χ3v) is 4.90. The predicted molar refractivity (Wildman–Crippen MR) is 86.7 cm³/mol. The van der Waals surface area contributed by atoms with Crippen molar-refractivity contribution < 1.29 is 9.90 Å². The molecule has 22 heavy (non-hydrogen) atoms. The van der Waals surface area contributed by atoms with Crippen molar-refractivity contribution in [1.29, 1.82) is 0 Å². The average molecular weight is 302 g/mol. The second kappa shape index (κ2) is 7.25. The molecule has 1 aromatic carbocycles. The molecule has 1 aliphatic carbocycles. The lowest BCUT2D eigenvalue weighted by molar-refractivity contribution is 0.0716. The monoisotopic (exact) mass is 302 g/mol. The topological polar surface area (TPSA) is 52.6 Å². The number of carbonyl (C=O) groups excluding carboxylic acids is 1. The fourth-order valence-corrected chi connectivity index (χ4v) is 3.59. The Morgan fingerprint density at radius 1 is 1.14 bits per heavy atom. The van der Waals surface area contributed by atoms with Crippen LogP contribution in [0.25, 0.3) is 0 Å². The van der Waals surface area contributed by atoms with E-state index >= 15 is 0 Å². The van der Waals surface area contributed by atoms with Gasteiger partial charge >= 0.3 is 0 Å². The number of likely N-dealkylation sites (tertiary alicyclic amines) is 1. The van der Waals surface area contributed by atoms with E-state index in [1.165, 1.54) is 12.8 Å². The maximum atomic E-state index is 12.6. The molecule has 3 rings (SSSR count). The van der Waals surface area contributed by atoms with Gasteiger partial charge in [-0.2, -0.15) is 0 Å². The SMILES string of the molecule is O=C(N[C@H]1CCCC[C@H]1O)c1ccccc1CN1CCCC1. The summed E-state index contributed by atoms with van der Waals surface area (Å²) in [4.78, 5) is 15.0. The van der Waals surface area contributed by atoms with Gasteiger partial charge in [0.1, 0.15) is 0 Å². The van der Waals surface area contributed by atoms with Gasteiger partial charge < -0.3 is 10.4 Å². The molecule has 0 bridgehead atoms. The smallest absolute Gasteiger partial charge is 0.251 e. The lowest BCUT2D eigenvalue weighted by Gasteiger charge is -2.28. The summed E-state index contributed by atoms with van der Waals surface area (Å²) in [6.07, 6.45) is 5.91. The highest BCUT2D eigenvalue weighted by atomic mass is 16.3. The van der Waals surface area contributed by atoms with Crippen LogP contribution in [-0.4, -0.2) is 41.1 Å². The molecular formula is C18H26N2O2. The van der Waals surface area contributed by atoms with Gasteiger partial charge in [-0.05, 0) is 50.4 Å². The maximum absolute atomic E-state index is 12.6. The zero-order chi connectivity index (χ0) is 15.4. The number of amides is 1. The maximum Gasteiger partial charge on any atom is 0.251 e. The van der Waals surface area contributed by atoms with E-state index in [4.69, 9.17) is 0 Å². The van der Waals surface area contributed by atoms with Crippen molar-refractivity contribution in [2.24, 2.45) is 0 Å². The first kappa shape index (κ1) is 15.5. The van der Waals surface area contributed by atoms with Crippen LogP contribution < -0.4 is 5.32 Å². The van der Waals surface area contributed by atoms with E-state index in [-0.39, 0.29) is 11.9 Å². The molecule has 2 N–H and O–H groups in total. The van der Waals surface area contributed by atoms with E-state index < -0.39 is 6.10 Å². The fourth-order valence-electron chi connectivity index (χ4n) is 3.59. The van der Waals surface area contributed by atoms with Gasteiger partial charge in [0, 0.05) is 12.1 Å². The first-order valence-electron chi connectivity index (χ1n) is 8.53. The summed E-state index contributed by atoms with van der Waals surface area (Å²) in [6, 6.07) is 7.76. The summed E-state index contributed by atoms with van der Waals surface area (Å²) in [7, 11) is 0. The standard InChI is InChI=1S/C18H26N2O2/c21-17-10-4-3-9-16(17)19-18(22)15-8-2-1-7-14(15)13-20-11-5-6-12-20/h1-2,7-8,16-17,21H,3-6,9-13H2,(H,19,22)/t16-,17+/m0/s1. The van der Waals surface area contributed by atoms with E-state index in [2.05, 4.69) is 10.2 Å². The normalized spacial score (nSPS) is 26.0. The minimum atomic E-state index is -0.400. The Morgan fingerprint density at radius 3 is 2.64 bits per heavy atom. The van der Waals surface area contributed by atoms with Crippen LogP contribution in [0.15, 0.2) is 24.3 Å². The minimum absolute atomic E-state index is 0.0410.